The van der Waals surface area contributed by atoms with Crippen molar-refractivity contribution in [2.45, 2.75) is 18.8 Å². The first-order chi connectivity index (χ1) is 7.27. The molecule has 1 heterocycles. The van der Waals surface area contributed by atoms with E-state index >= 15 is 0 Å². The molecule has 1 aliphatic rings. The third kappa shape index (κ3) is 2.51. The Hall–Kier alpha value is -1.02. The van der Waals surface area contributed by atoms with Crippen LogP contribution in [0.15, 0.2) is 24.3 Å². The molecule has 2 nitrogen and oxygen atoms in total. The quantitative estimate of drug-likeness (QED) is 0.794. The summed E-state index contributed by atoms with van der Waals surface area (Å²) in [6.45, 7) is 2.33. The number of piperidine rings is 1. The lowest BCUT2D eigenvalue weighted by Crippen LogP contribution is -2.28. The summed E-state index contributed by atoms with van der Waals surface area (Å²) in [6.07, 6.45) is 2.63. The standard InChI is InChI=1S/C13H20N2/c1-15(2)13-7-5-11(6-8-13)12-4-3-9-14-10-12/h5-8,12,14H,3-4,9-10H2,1-2H3. The van der Waals surface area contributed by atoms with Gasteiger partial charge >= 0.3 is 0 Å². The first-order valence-electron chi connectivity index (χ1n) is 5.75. The Kier molecular flexibility index (Phi) is 3.27. The van der Waals surface area contributed by atoms with Gasteiger partial charge < -0.3 is 10.2 Å². The normalized spacial score (nSPS) is 21.3. The third-order valence-electron chi connectivity index (χ3n) is 3.18. The van der Waals surface area contributed by atoms with Gasteiger partial charge in [0.25, 0.3) is 0 Å². The average Bonchev–Trinajstić information content (AvgIpc) is 2.30. The minimum Gasteiger partial charge on any atom is -0.378 e. The van der Waals surface area contributed by atoms with Crippen LogP contribution in [0.2, 0.25) is 0 Å². The van der Waals surface area contributed by atoms with Gasteiger partial charge in [-0.15, -0.1) is 0 Å². The van der Waals surface area contributed by atoms with Gasteiger partial charge in [-0.1, -0.05) is 12.1 Å². The van der Waals surface area contributed by atoms with E-state index in [2.05, 4.69) is 48.6 Å². The maximum atomic E-state index is 3.46. The Balaban J connectivity index is 2.08. The van der Waals surface area contributed by atoms with Crippen molar-refractivity contribution in [1.29, 1.82) is 0 Å². The van der Waals surface area contributed by atoms with E-state index < -0.39 is 0 Å². The summed E-state index contributed by atoms with van der Waals surface area (Å²) in [4.78, 5) is 2.14. The Morgan fingerprint density at radius 3 is 2.47 bits per heavy atom. The van der Waals surface area contributed by atoms with Crippen LogP contribution in [0.25, 0.3) is 0 Å². The first kappa shape index (κ1) is 10.5. The van der Waals surface area contributed by atoms with Gasteiger partial charge in [-0.25, -0.2) is 0 Å². The number of hydrogen-bond donors (Lipinski definition) is 1. The number of rotatable bonds is 2. The van der Waals surface area contributed by atoms with Crippen molar-refractivity contribution in [1.82, 2.24) is 5.32 Å². The van der Waals surface area contributed by atoms with Gasteiger partial charge in [-0.3, -0.25) is 0 Å². The highest BCUT2D eigenvalue weighted by atomic mass is 15.1. The van der Waals surface area contributed by atoms with Gasteiger partial charge in [-0.2, -0.15) is 0 Å². The fourth-order valence-electron chi connectivity index (χ4n) is 2.18. The molecule has 0 aliphatic carbocycles. The van der Waals surface area contributed by atoms with E-state index in [0.717, 1.165) is 12.5 Å². The lowest BCUT2D eigenvalue weighted by molar-refractivity contribution is 0.461. The van der Waals surface area contributed by atoms with Gasteiger partial charge in [0.05, 0.1) is 0 Å². The average molecular weight is 204 g/mol. The van der Waals surface area contributed by atoms with Crippen molar-refractivity contribution in [2.24, 2.45) is 0 Å². The van der Waals surface area contributed by atoms with Crippen LogP contribution in [0.3, 0.4) is 0 Å². The molecule has 1 atom stereocenters. The molecule has 1 unspecified atom stereocenters. The van der Waals surface area contributed by atoms with Crippen LogP contribution in [-0.4, -0.2) is 27.2 Å². The van der Waals surface area contributed by atoms with E-state index in [1.54, 1.807) is 0 Å². The van der Waals surface area contributed by atoms with Gasteiger partial charge in [0, 0.05) is 26.3 Å². The van der Waals surface area contributed by atoms with E-state index in [9.17, 15) is 0 Å². The summed E-state index contributed by atoms with van der Waals surface area (Å²) >= 11 is 0. The number of benzene rings is 1. The van der Waals surface area contributed by atoms with Crippen LogP contribution in [0, 0.1) is 0 Å². The van der Waals surface area contributed by atoms with Crippen molar-refractivity contribution in [3.63, 3.8) is 0 Å². The van der Waals surface area contributed by atoms with Crippen molar-refractivity contribution < 1.29 is 0 Å². The molecule has 2 heteroatoms. The number of hydrogen-bond acceptors (Lipinski definition) is 2. The smallest absolute Gasteiger partial charge is 0.0361 e. The summed E-state index contributed by atoms with van der Waals surface area (Å²) in [5.74, 6) is 0.718. The van der Waals surface area contributed by atoms with Gasteiger partial charge in [0.2, 0.25) is 0 Å². The maximum absolute atomic E-state index is 3.46. The number of nitrogens with one attached hydrogen (secondary N) is 1. The Morgan fingerprint density at radius 1 is 1.20 bits per heavy atom. The molecule has 0 spiro atoms. The van der Waals surface area contributed by atoms with E-state index in [0.29, 0.717) is 0 Å². The molecule has 0 bridgehead atoms. The van der Waals surface area contributed by atoms with E-state index in [4.69, 9.17) is 0 Å². The third-order valence-corrected chi connectivity index (χ3v) is 3.18. The summed E-state index contributed by atoms with van der Waals surface area (Å²) in [6, 6.07) is 8.97. The zero-order valence-corrected chi connectivity index (χ0v) is 9.66. The van der Waals surface area contributed by atoms with Crippen molar-refractivity contribution in [3.05, 3.63) is 29.8 Å². The highest BCUT2D eigenvalue weighted by Crippen LogP contribution is 2.24. The first-order valence-corrected chi connectivity index (χ1v) is 5.75. The van der Waals surface area contributed by atoms with E-state index in [1.807, 2.05) is 0 Å². The summed E-state index contributed by atoms with van der Waals surface area (Å²) < 4.78 is 0. The van der Waals surface area contributed by atoms with E-state index in [1.165, 1.54) is 30.6 Å². The zero-order valence-electron chi connectivity index (χ0n) is 9.66. The number of anilines is 1. The van der Waals surface area contributed by atoms with Crippen LogP contribution in [0.4, 0.5) is 5.69 Å². The van der Waals surface area contributed by atoms with Gasteiger partial charge in [-0.05, 0) is 43.0 Å². The zero-order chi connectivity index (χ0) is 10.7. The second-order valence-electron chi connectivity index (χ2n) is 4.53. The Bertz CT molecular complexity index is 297. The summed E-state index contributed by atoms with van der Waals surface area (Å²) in [7, 11) is 4.16. The fraction of sp³-hybridized carbons (Fsp3) is 0.538. The molecule has 0 saturated carbocycles. The molecule has 2 rings (SSSR count). The second-order valence-corrected chi connectivity index (χ2v) is 4.53. The Labute approximate surface area is 92.3 Å². The predicted octanol–water partition coefficient (Wildman–Crippen LogP) is 2.22. The monoisotopic (exact) mass is 204 g/mol. The maximum Gasteiger partial charge on any atom is 0.0361 e. The largest absolute Gasteiger partial charge is 0.378 e. The molecule has 0 aromatic heterocycles. The van der Waals surface area contributed by atoms with Crippen LogP contribution >= 0.6 is 0 Å². The molecule has 15 heavy (non-hydrogen) atoms. The number of nitrogens with zero attached hydrogens (tertiary/aromatic N) is 1. The molecule has 1 aliphatic heterocycles. The van der Waals surface area contributed by atoms with Crippen molar-refractivity contribution in [2.75, 3.05) is 32.1 Å². The van der Waals surface area contributed by atoms with Crippen molar-refractivity contribution in [3.8, 4) is 0 Å². The minimum absolute atomic E-state index is 0.718. The molecule has 1 aromatic carbocycles. The lowest BCUT2D eigenvalue weighted by Gasteiger charge is -2.23. The molecular formula is C13H20N2. The van der Waals surface area contributed by atoms with Gasteiger partial charge in [0.15, 0.2) is 0 Å². The van der Waals surface area contributed by atoms with Crippen LogP contribution in [0.5, 0.6) is 0 Å². The van der Waals surface area contributed by atoms with Crippen LogP contribution in [-0.2, 0) is 0 Å². The molecule has 1 saturated heterocycles. The molecule has 1 fully saturated rings. The SMILES string of the molecule is CN(C)c1ccc(C2CCCNC2)cc1. The minimum atomic E-state index is 0.718. The Morgan fingerprint density at radius 2 is 1.93 bits per heavy atom. The summed E-state index contributed by atoms with van der Waals surface area (Å²) in [5.41, 5.74) is 2.76. The second kappa shape index (κ2) is 4.67. The van der Waals surface area contributed by atoms with Gasteiger partial charge in [0.1, 0.15) is 0 Å². The molecule has 0 amide bonds. The van der Waals surface area contributed by atoms with Crippen LogP contribution in [0.1, 0.15) is 24.3 Å². The summed E-state index contributed by atoms with van der Waals surface area (Å²) in [5, 5.41) is 3.46. The van der Waals surface area contributed by atoms with Crippen molar-refractivity contribution >= 4 is 5.69 Å². The molecule has 1 aromatic rings. The van der Waals surface area contributed by atoms with E-state index in [-0.39, 0.29) is 0 Å². The highest BCUT2D eigenvalue weighted by Gasteiger charge is 2.14. The molecule has 82 valence electrons. The molecule has 0 radical (unpaired) electrons. The molecule has 1 N–H and O–H groups in total. The predicted molar refractivity (Wildman–Crippen MR) is 65.6 cm³/mol. The van der Waals surface area contributed by atoms with Crippen LogP contribution < -0.4 is 10.2 Å². The topological polar surface area (TPSA) is 15.3 Å². The molecular weight excluding hydrogens is 184 g/mol. The lowest BCUT2D eigenvalue weighted by atomic mass is 9.91. The highest BCUT2D eigenvalue weighted by molar-refractivity contribution is 5.46. The fourth-order valence-corrected chi connectivity index (χ4v) is 2.18.